The van der Waals surface area contributed by atoms with Gasteiger partial charge in [-0.3, -0.25) is 4.79 Å². The van der Waals surface area contributed by atoms with Crippen LogP contribution in [0.4, 0.5) is 0 Å². The molecule has 2 fully saturated rings. The maximum Gasteiger partial charge on any atom is 0.222 e. The predicted octanol–water partition coefficient (Wildman–Crippen LogP) is 4.36. The van der Waals surface area contributed by atoms with Crippen molar-refractivity contribution in [2.24, 2.45) is 11.8 Å². The topological polar surface area (TPSA) is 32.3 Å². The van der Waals surface area contributed by atoms with Crippen molar-refractivity contribution >= 4 is 5.91 Å². The van der Waals surface area contributed by atoms with Gasteiger partial charge in [0.2, 0.25) is 5.91 Å². The van der Waals surface area contributed by atoms with E-state index >= 15 is 0 Å². The highest BCUT2D eigenvalue weighted by Gasteiger charge is 2.29. The molecule has 3 heteroatoms. The standard InChI is InChI=1S/C20H38N2O/c1-3-5-10-18-13-19(16-22(15-18)20(23)9-4-2)21-14-17-11-7-6-8-12-17/h17-19,21H,3-16H2,1-2H3. The van der Waals surface area contributed by atoms with E-state index in [9.17, 15) is 4.79 Å². The Hall–Kier alpha value is -0.570. The first-order chi connectivity index (χ1) is 11.2. The lowest BCUT2D eigenvalue weighted by Gasteiger charge is -2.39. The Kier molecular flexibility index (Phi) is 8.43. The van der Waals surface area contributed by atoms with Gasteiger partial charge in [0.25, 0.3) is 0 Å². The molecule has 1 N–H and O–H groups in total. The molecule has 1 saturated carbocycles. The maximum atomic E-state index is 12.4. The van der Waals surface area contributed by atoms with Crippen LogP contribution in [0.5, 0.6) is 0 Å². The Morgan fingerprint density at radius 3 is 2.52 bits per heavy atom. The van der Waals surface area contributed by atoms with Crippen molar-refractivity contribution in [1.82, 2.24) is 10.2 Å². The molecule has 1 saturated heterocycles. The Balaban J connectivity index is 1.83. The monoisotopic (exact) mass is 322 g/mol. The highest BCUT2D eigenvalue weighted by molar-refractivity contribution is 5.76. The van der Waals surface area contributed by atoms with Crippen molar-refractivity contribution in [3.05, 3.63) is 0 Å². The second-order valence-electron chi connectivity index (χ2n) is 7.90. The van der Waals surface area contributed by atoms with Crippen molar-refractivity contribution in [1.29, 1.82) is 0 Å². The number of nitrogens with one attached hydrogen (secondary N) is 1. The lowest BCUT2D eigenvalue weighted by atomic mass is 9.87. The minimum atomic E-state index is 0.373. The number of unbranched alkanes of at least 4 members (excludes halogenated alkanes) is 1. The van der Waals surface area contributed by atoms with Crippen molar-refractivity contribution in [3.63, 3.8) is 0 Å². The van der Waals surface area contributed by atoms with Gasteiger partial charge in [-0.15, -0.1) is 0 Å². The minimum absolute atomic E-state index is 0.373. The number of hydrogen-bond acceptors (Lipinski definition) is 2. The molecule has 1 aliphatic heterocycles. The molecule has 23 heavy (non-hydrogen) atoms. The van der Waals surface area contributed by atoms with Gasteiger partial charge in [0.1, 0.15) is 0 Å². The van der Waals surface area contributed by atoms with Crippen LogP contribution in [0.2, 0.25) is 0 Å². The minimum Gasteiger partial charge on any atom is -0.341 e. The van der Waals surface area contributed by atoms with Gasteiger partial charge in [-0.1, -0.05) is 46.0 Å². The Labute approximate surface area is 143 Å². The zero-order valence-corrected chi connectivity index (χ0v) is 15.5. The molecular weight excluding hydrogens is 284 g/mol. The van der Waals surface area contributed by atoms with Crippen LogP contribution in [-0.4, -0.2) is 36.5 Å². The number of amides is 1. The molecule has 2 atom stereocenters. The third-order valence-corrected chi connectivity index (χ3v) is 5.74. The smallest absolute Gasteiger partial charge is 0.222 e. The first kappa shape index (κ1) is 18.8. The summed E-state index contributed by atoms with van der Waals surface area (Å²) in [4.78, 5) is 14.5. The lowest BCUT2D eigenvalue weighted by molar-refractivity contribution is -0.133. The van der Waals surface area contributed by atoms with E-state index in [0.717, 1.165) is 31.8 Å². The fourth-order valence-corrected chi connectivity index (χ4v) is 4.35. The van der Waals surface area contributed by atoms with Gasteiger partial charge in [0.05, 0.1) is 0 Å². The van der Waals surface area contributed by atoms with E-state index in [1.165, 1.54) is 64.3 Å². The first-order valence-corrected chi connectivity index (χ1v) is 10.2. The summed E-state index contributed by atoms with van der Waals surface area (Å²) in [5.74, 6) is 1.95. The zero-order chi connectivity index (χ0) is 16.5. The molecular formula is C20H38N2O. The zero-order valence-electron chi connectivity index (χ0n) is 15.5. The van der Waals surface area contributed by atoms with Crippen molar-refractivity contribution in [2.75, 3.05) is 19.6 Å². The third kappa shape index (κ3) is 6.45. The number of likely N-dealkylation sites (tertiary alicyclic amines) is 1. The third-order valence-electron chi connectivity index (χ3n) is 5.74. The van der Waals surface area contributed by atoms with Gasteiger partial charge >= 0.3 is 0 Å². The number of hydrogen-bond donors (Lipinski definition) is 1. The lowest BCUT2D eigenvalue weighted by Crippen LogP contribution is -2.52. The summed E-state index contributed by atoms with van der Waals surface area (Å²) in [7, 11) is 0. The average molecular weight is 323 g/mol. The van der Waals surface area contributed by atoms with E-state index in [-0.39, 0.29) is 0 Å². The first-order valence-electron chi connectivity index (χ1n) is 10.2. The summed E-state index contributed by atoms with van der Waals surface area (Å²) in [6, 6.07) is 0.522. The number of carbonyl (C=O) groups excluding carboxylic acids is 1. The van der Waals surface area contributed by atoms with Gasteiger partial charge in [-0.25, -0.2) is 0 Å². The van der Waals surface area contributed by atoms with Gasteiger partial charge in [0, 0.05) is 25.6 Å². The van der Waals surface area contributed by atoms with Crippen molar-refractivity contribution < 1.29 is 4.79 Å². The van der Waals surface area contributed by atoms with Gasteiger partial charge in [-0.05, 0) is 50.5 Å². The van der Waals surface area contributed by atoms with E-state index in [0.29, 0.717) is 17.9 Å². The largest absolute Gasteiger partial charge is 0.341 e. The molecule has 134 valence electrons. The van der Waals surface area contributed by atoms with Gasteiger partial charge in [-0.2, -0.15) is 0 Å². The highest BCUT2D eigenvalue weighted by Crippen LogP contribution is 2.25. The van der Waals surface area contributed by atoms with Crippen LogP contribution in [0.15, 0.2) is 0 Å². The molecule has 2 rings (SSSR count). The maximum absolute atomic E-state index is 12.4. The normalized spacial score (nSPS) is 26.4. The van der Waals surface area contributed by atoms with E-state index < -0.39 is 0 Å². The second-order valence-corrected chi connectivity index (χ2v) is 7.90. The van der Waals surface area contributed by atoms with E-state index in [2.05, 4.69) is 24.1 Å². The van der Waals surface area contributed by atoms with E-state index in [1.54, 1.807) is 0 Å². The fraction of sp³-hybridized carbons (Fsp3) is 0.950. The number of carbonyl (C=O) groups is 1. The number of piperidine rings is 1. The average Bonchev–Trinajstić information content (AvgIpc) is 2.59. The summed E-state index contributed by atoms with van der Waals surface area (Å²) in [5.41, 5.74) is 0. The highest BCUT2D eigenvalue weighted by atomic mass is 16.2. The van der Waals surface area contributed by atoms with E-state index in [1.807, 2.05) is 0 Å². The van der Waals surface area contributed by atoms with Crippen LogP contribution < -0.4 is 5.32 Å². The molecule has 2 unspecified atom stereocenters. The Bertz CT molecular complexity index is 339. The molecule has 0 bridgehead atoms. The summed E-state index contributed by atoms with van der Waals surface area (Å²) >= 11 is 0. The summed E-state index contributed by atoms with van der Waals surface area (Å²) < 4.78 is 0. The molecule has 0 aromatic heterocycles. The quantitative estimate of drug-likeness (QED) is 0.720. The molecule has 0 aromatic rings. The van der Waals surface area contributed by atoms with Gasteiger partial charge < -0.3 is 10.2 Å². The van der Waals surface area contributed by atoms with Crippen LogP contribution in [0.25, 0.3) is 0 Å². The molecule has 0 radical (unpaired) electrons. The van der Waals surface area contributed by atoms with Crippen molar-refractivity contribution in [3.8, 4) is 0 Å². The van der Waals surface area contributed by atoms with Crippen LogP contribution in [0.3, 0.4) is 0 Å². The summed E-state index contributed by atoms with van der Waals surface area (Å²) in [5, 5.41) is 3.83. The molecule has 1 amide bonds. The van der Waals surface area contributed by atoms with Crippen LogP contribution in [-0.2, 0) is 4.79 Å². The van der Waals surface area contributed by atoms with Crippen molar-refractivity contribution in [2.45, 2.75) is 90.5 Å². The molecule has 2 aliphatic rings. The number of nitrogens with zero attached hydrogens (tertiary/aromatic N) is 1. The summed E-state index contributed by atoms with van der Waals surface area (Å²) in [6.07, 6.45) is 13.9. The molecule has 0 spiro atoms. The molecule has 1 aliphatic carbocycles. The van der Waals surface area contributed by atoms with E-state index in [4.69, 9.17) is 0 Å². The predicted molar refractivity (Wildman–Crippen MR) is 97.5 cm³/mol. The second kappa shape index (κ2) is 10.3. The molecule has 3 nitrogen and oxygen atoms in total. The van der Waals surface area contributed by atoms with Crippen LogP contribution in [0.1, 0.15) is 84.5 Å². The Morgan fingerprint density at radius 1 is 1.04 bits per heavy atom. The van der Waals surface area contributed by atoms with Crippen LogP contribution >= 0.6 is 0 Å². The number of rotatable bonds is 8. The molecule has 1 heterocycles. The van der Waals surface area contributed by atoms with Gasteiger partial charge in [0.15, 0.2) is 0 Å². The summed E-state index contributed by atoms with van der Waals surface area (Å²) in [6.45, 7) is 7.48. The van der Waals surface area contributed by atoms with Crippen LogP contribution in [0, 0.1) is 11.8 Å². The Morgan fingerprint density at radius 2 is 1.83 bits per heavy atom. The molecule has 0 aromatic carbocycles. The SMILES string of the molecule is CCCCC1CC(NCC2CCCCC2)CN(C(=O)CCC)C1. The fourth-order valence-electron chi connectivity index (χ4n) is 4.35.